The van der Waals surface area contributed by atoms with Crippen molar-refractivity contribution in [1.29, 1.82) is 0 Å². The average molecular weight is 1100 g/mol. The Morgan fingerprint density at radius 1 is 0.375 bits per heavy atom. The molecule has 0 saturated heterocycles. The van der Waals surface area contributed by atoms with E-state index in [4.69, 9.17) is 41.9 Å². The molecule has 26 nitrogen and oxygen atoms in total. The minimum Gasteiger partial charge on any atom is -0.461 e. The van der Waals surface area contributed by atoms with Gasteiger partial charge in [0.15, 0.2) is 69.7 Å². The van der Waals surface area contributed by atoms with E-state index in [0.717, 1.165) is 11.1 Å². The van der Waals surface area contributed by atoms with Gasteiger partial charge in [-0.15, -0.1) is 0 Å². The van der Waals surface area contributed by atoms with Crippen molar-refractivity contribution in [1.82, 2.24) is 30.6 Å². The second-order valence-electron chi connectivity index (χ2n) is 17.2. The Morgan fingerprint density at radius 3 is 0.887 bits per heavy atom. The summed E-state index contributed by atoms with van der Waals surface area (Å²) in [6.45, 7) is -3.14. The second-order valence-corrected chi connectivity index (χ2v) is 17.2. The molecule has 2 heterocycles. The number of esters is 4. The number of carbonyl (C=O) groups excluding carboxylic acids is 8. The smallest absolute Gasteiger partial charge is 0.331 e. The normalized spacial score (nSPS) is 12.2. The van der Waals surface area contributed by atoms with E-state index in [-0.39, 0.29) is 26.4 Å². The molecule has 0 aliphatic carbocycles. The van der Waals surface area contributed by atoms with Crippen LogP contribution in [-0.2, 0) is 64.6 Å². The molecule has 4 aromatic carbocycles. The molecule has 0 spiro atoms. The summed E-state index contributed by atoms with van der Waals surface area (Å²) >= 11 is 0. The summed E-state index contributed by atoms with van der Waals surface area (Å²) in [5.74, 6) is -11.2. The van der Waals surface area contributed by atoms with E-state index >= 15 is 0 Å². The Kier molecular flexibility index (Phi) is 23.6. The molecule has 14 N–H and O–H groups in total. The molecule has 2 aromatic heterocycles. The lowest BCUT2D eigenvalue weighted by Gasteiger charge is -2.16. The molecule has 4 atom stereocenters. The minimum atomic E-state index is -1.44. The van der Waals surface area contributed by atoms with Gasteiger partial charge in [0.25, 0.3) is 11.8 Å². The van der Waals surface area contributed by atoms with Crippen molar-refractivity contribution in [2.45, 2.75) is 51.4 Å². The van der Waals surface area contributed by atoms with Crippen LogP contribution in [0.2, 0.25) is 0 Å². The number of rotatable bonds is 26. The number of benzene rings is 4. The van der Waals surface area contributed by atoms with E-state index in [9.17, 15) is 58.8 Å². The van der Waals surface area contributed by atoms with Crippen molar-refractivity contribution in [3.05, 3.63) is 166 Å². The minimum absolute atomic E-state index is 0.0440. The van der Waals surface area contributed by atoms with Crippen LogP contribution >= 0.6 is 0 Å². The second kappa shape index (κ2) is 30.8. The van der Waals surface area contributed by atoms with Crippen LogP contribution in [0.3, 0.4) is 0 Å². The number of ketones is 2. The van der Waals surface area contributed by atoms with Crippen molar-refractivity contribution in [2.75, 3.05) is 49.4 Å². The summed E-state index contributed by atoms with van der Waals surface area (Å²) in [5, 5.41) is 42.9. The van der Waals surface area contributed by atoms with Crippen molar-refractivity contribution in [2.24, 2.45) is 11.8 Å². The van der Waals surface area contributed by atoms with E-state index in [1.54, 1.807) is 121 Å². The lowest BCUT2D eigenvalue weighted by atomic mass is 10.0. The third-order valence-electron chi connectivity index (χ3n) is 11.3. The van der Waals surface area contributed by atoms with Gasteiger partial charge in [-0.3, -0.25) is 28.8 Å². The van der Waals surface area contributed by atoms with Gasteiger partial charge in [-0.2, -0.15) is 0 Å². The fourth-order valence-corrected chi connectivity index (χ4v) is 6.92. The predicted octanol–water partition coefficient (Wildman–Crippen LogP) is 0.800. The van der Waals surface area contributed by atoms with Crippen LogP contribution in [0, 0.1) is 11.8 Å². The van der Waals surface area contributed by atoms with Crippen molar-refractivity contribution in [3.8, 4) is 0 Å². The highest BCUT2D eigenvalue weighted by Gasteiger charge is 2.31. The number of hydrogen-bond acceptors (Lipinski definition) is 24. The molecular formula is C54H58N10O16. The van der Waals surface area contributed by atoms with Crippen LogP contribution in [-0.4, -0.2) is 126 Å². The summed E-state index contributed by atoms with van der Waals surface area (Å²) in [6.07, 6.45) is -1.01. The third kappa shape index (κ3) is 18.2. The Morgan fingerprint density at radius 2 is 0.625 bits per heavy atom. The molecule has 0 saturated carbocycles. The van der Waals surface area contributed by atoms with E-state index in [1.165, 1.54) is 0 Å². The van der Waals surface area contributed by atoms with Crippen LogP contribution in [0.4, 0.5) is 23.3 Å². The summed E-state index contributed by atoms with van der Waals surface area (Å²) < 4.78 is 20.6. The van der Waals surface area contributed by atoms with Crippen LogP contribution < -0.4 is 33.6 Å². The number of hydrogen-bond donors (Lipinski definition) is 10. The average Bonchev–Trinajstić information content (AvgIpc) is 3.49. The molecule has 2 amide bonds. The Hall–Kier alpha value is -9.76. The van der Waals surface area contributed by atoms with Crippen LogP contribution in [0.15, 0.2) is 121 Å². The van der Waals surface area contributed by atoms with Crippen LogP contribution in [0.1, 0.15) is 77.0 Å². The zero-order valence-corrected chi connectivity index (χ0v) is 42.7. The number of nitrogens with one attached hydrogen (secondary N) is 2. The number of aromatic nitrogens is 4. The molecule has 420 valence electrons. The number of carbonyl (C=O) groups is 8. The monoisotopic (exact) mass is 1100 g/mol. The van der Waals surface area contributed by atoms with E-state index in [1.807, 2.05) is 0 Å². The topological polar surface area (TPSA) is 434 Å². The molecule has 80 heavy (non-hydrogen) atoms. The summed E-state index contributed by atoms with van der Waals surface area (Å²) in [6, 6.07) is 32.4. The van der Waals surface area contributed by atoms with Gasteiger partial charge < -0.3 is 72.9 Å². The molecule has 0 aliphatic heterocycles. The number of ether oxygens (including phenoxy) is 4. The summed E-state index contributed by atoms with van der Waals surface area (Å²) in [5.41, 5.74) is 24.4. The van der Waals surface area contributed by atoms with Crippen molar-refractivity contribution >= 4 is 70.5 Å². The SMILES string of the molecule is Nc1nc(C(=O)NC(CO)C(=O)OCc2ccccc2)c(N)nc1C(=O)CC(CO)C(=O)OCc1ccccc1.Nc1nc(C(=O)NC(CO)C(=O)OCc2ccccc2)c(N)nc1C(=O)CC(CO)C(=O)OCc1ccccc1. The molecule has 6 rings (SSSR count). The first-order chi connectivity index (χ1) is 38.5. The summed E-state index contributed by atoms with van der Waals surface area (Å²) in [4.78, 5) is 116. The summed E-state index contributed by atoms with van der Waals surface area (Å²) in [7, 11) is 0. The molecule has 4 unspecified atom stereocenters. The van der Waals surface area contributed by atoms with Gasteiger partial charge in [0, 0.05) is 12.8 Å². The van der Waals surface area contributed by atoms with Gasteiger partial charge >= 0.3 is 23.9 Å². The number of anilines is 4. The number of amides is 2. The highest BCUT2D eigenvalue weighted by atomic mass is 16.5. The largest absolute Gasteiger partial charge is 0.461 e. The van der Waals surface area contributed by atoms with E-state index in [2.05, 4.69) is 30.6 Å². The standard InChI is InChI=1S/2C27H29N5O8/c2*28-23-21(20(35)11-18(12-33)26(37)39-14-16-7-3-1-4-8-16)31-24(29)22(32-23)25(36)30-19(13-34)27(38)40-15-17-9-5-2-6-10-17/h2*1-10,18-19,33-34H,11-15H2,(H2,28,32)(H2,29,31)(H,30,36). The molecule has 0 bridgehead atoms. The molecular weight excluding hydrogens is 1040 g/mol. The zero-order valence-electron chi connectivity index (χ0n) is 42.7. The highest BCUT2D eigenvalue weighted by molar-refractivity contribution is 6.04. The first kappa shape index (κ1) is 61.1. The number of nitrogens with two attached hydrogens (primary N) is 4. The molecule has 0 aliphatic rings. The van der Waals surface area contributed by atoms with Gasteiger partial charge in [-0.25, -0.2) is 29.5 Å². The van der Waals surface area contributed by atoms with Crippen molar-refractivity contribution in [3.63, 3.8) is 0 Å². The maximum atomic E-state index is 12.8. The fraction of sp³-hybridized carbons (Fsp3) is 0.259. The number of Topliss-reactive ketones (excluding diaryl/α,β-unsaturated/α-hetero) is 2. The Balaban J connectivity index is 0.000000294. The van der Waals surface area contributed by atoms with E-state index in [0.29, 0.717) is 11.1 Å². The Labute approximate surface area is 456 Å². The van der Waals surface area contributed by atoms with Crippen molar-refractivity contribution < 1.29 is 77.7 Å². The number of nitrogens with zero attached hydrogens (tertiary/aromatic N) is 4. The Bertz CT molecular complexity index is 2680. The van der Waals surface area contributed by atoms with Gasteiger partial charge in [-0.1, -0.05) is 121 Å². The maximum Gasteiger partial charge on any atom is 0.331 e. The van der Waals surface area contributed by atoms with Crippen LogP contribution in [0.25, 0.3) is 0 Å². The highest BCUT2D eigenvalue weighted by Crippen LogP contribution is 2.21. The lowest BCUT2D eigenvalue weighted by molar-refractivity contribution is -0.152. The molecule has 0 fully saturated rings. The fourth-order valence-electron chi connectivity index (χ4n) is 6.92. The quantitative estimate of drug-likeness (QED) is 0.0204. The van der Waals surface area contributed by atoms with Crippen LogP contribution in [0.5, 0.6) is 0 Å². The number of aliphatic hydroxyl groups excluding tert-OH is 4. The van der Waals surface area contributed by atoms with Gasteiger partial charge in [0.05, 0.1) is 38.3 Å². The third-order valence-corrected chi connectivity index (χ3v) is 11.3. The first-order valence-electron chi connectivity index (χ1n) is 24.3. The molecule has 0 radical (unpaired) electrons. The first-order valence-corrected chi connectivity index (χ1v) is 24.3. The van der Waals surface area contributed by atoms with Gasteiger partial charge in [0.2, 0.25) is 0 Å². The number of nitrogen functional groups attached to an aromatic ring is 4. The zero-order chi connectivity index (χ0) is 58.1. The lowest BCUT2D eigenvalue weighted by Crippen LogP contribution is -2.45. The maximum absolute atomic E-state index is 12.8. The van der Waals surface area contributed by atoms with Gasteiger partial charge in [-0.05, 0) is 22.3 Å². The van der Waals surface area contributed by atoms with Gasteiger partial charge in [0.1, 0.15) is 26.4 Å². The number of aliphatic hydroxyl groups is 4. The molecule has 6 aromatic rings. The molecule has 26 heteroatoms. The van der Waals surface area contributed by atoms with E-state index < -0.39 is 156 Å². The predicted molar refractivity (Wildman–Crippen MR) is 282 cm³/mol.